The number of nitrogens with zero attached hydrogens (tertiary/aromatic N) is 4. The van der Waals surface area contributed by atoms with Crippen LogP contribution < -0.4 is 5.32 Å². The second-order valence-corrected chi connectivity index (χ2v) is 8.46. The lowest BCUT2D eigenvalue weighted by molar-refractivity contribution is -0.121. The lowest BCUT2D eigenvalue weighted by Gasteiger charge is -2.19. The molecule has 0 bridgehead atoms. The monoisotopic (exact) mass is 387 g/mol. The number of hydrogen-bond donors (Lipinski definition) is 1. The van der Waals surface area contributed by atoms with Gasteiger partial charge in [0.15, 0.2) is 11.0 Å². The van der Waals surface area contributed by atoms with Crippen molar-refractivity contribution in [2.24, 2.45) is 0 Å². The van der Waals surface area contributed by atoms with E-state index in [-0.39, 0.29) is 11.2 Å². The van der Waals surface area contributed by atoms with Crippen molar-refractivity contribution >= 4 is 17.7 Å². The summed E-state index contributed by atoms with van der Waals surface area (Å²) >= 11 is 1.49. The number of carbonyl (C=O) groups is 1. The summed E-state index contributed by atoms with van der Waals surface area (Å²) in [7, 11) is 0. The van der Waals surface area contributed by atoms with E-state index in [0.717, 1.165) is 42.4 Å². The number of aromatic nitrogens is 4. The Balaban J connectivity index is 1.68. The van der Waals surface area contributed by atoms with E-state index in [1.165, 1.54) is 37.4 Å². The fraction of sp³-hybridized carbons (Fsp3) is 0.600. The number of carbonyl (C=O) groups excluding carboxylic acids is 1. The Hall–Kier alpha value is -1.89. The first-order valence-electron chi connectivity index (χ1n) is 9.99. The Morgan fingerprint density at radius 3 is 2.59 bits per heavy atom. The predicted molar refractivity (Wildman–Crippen MR) is 108 cm³/mol. The van der Waals surface area contributed by atoms with Crippen LogP contribution in [-0.2, 0) is 11.3 Å². The molecule has 0 spiro atoms. The van der Waals surface area contributed by atoms with Gasteiger partial charge in [0.05, 0.1) is 5.25 Å². The van der Waals surface area contributed by atoms with Crippen molar-refractivity contribution in [2.45, 2.75) is 81.8 Å². The van der Waals surface area contributed by atoms with Crippen LogP contribution in [0.3, 0.4) is 0 Å². The highest BCUT2D eigenvalue weighted by Crippen LogP contribution is 2.27. The first kappa shape index (κ1) is 19.9. The SMILES string of the molecule is CCCn1c(S[C@H](C)C(=O)NC2CCCCCC2)nnc1-c1ccncc1. The van der Waals surface area contributed by atoms with Crippen LogP contribution in [0, 0.1) is 0 Å². The van der Waals surface area contributed by atoms with Crippen molar-refractivity contribution in [2.75, 3.05) is 0 Å². The molecule has 2 heterocycles. The summed E-state index contributed by atoms with van der Waals surface area (Å²) in [6.07, 6.45) is 11.7. The van der Waals surface area contributed by atoms with Crippen molar-refractivity contribution in [1.82, 2.24) is 25.1 Å². The predicted octanol–water partition coefficient (Wildman–Crippen LogP) is 4.07. The summed E-state index contributed by atoms with van der Waals surface area (Å²) in [5.74, 6) is 0.932. The van der Waals surface area contributed by atoms with Crippen molar-refractivity contribution in [3.63, 3.8) is 0 Å². The average Bonchev–Trinajstić information content (AvgIpc) is 2.89. The first-order valence-corrected chi connectivity index (χ1v) is 10.9. The maximum absolute atomic E-state index is 12.7. The van der Waals surface area contributed by atoms with Crippen molar-refractivity contribution in [3.8, 4) is 11.4 Å². The number of rotatable bonds is 7. The van der Waals surface area contributed by atoms with Crippen molar-refractivity contribution in [3.05, 3.63) is 24.5 Å². The van der Waals surface area contributed by atoms with E-state index in [9.17, 15) is 4.79 Å². The van der Waals surface area contributed by atoms with E-state index in [0.29, 0.717) is 6.04 Å². The van der Waals surface area contributed by atoms with Gasteiger partial charge >= 0.3 is 0 Å². The summed E-state index contributed by atoms with van der Waals surface area (Å²) in [5.41, 5.74) is 0.994. The molecule has 1 amide bonds. The molecule has 0 saturated heterocycles. The Morgan fingerprint density at radius 1 is 1.22 bits per heavy atom. The number of pyridine rings is 1. The second kappa shape index (κ2) is 9.88. The lowest BCUT2D eigenvalue weighted by Crippen LogP contribution is -2.39. The maximum atomic E-state index is 12.7. The lowest BCUT2D eigenvalue weighted by atomic mass is 10.1. The quantitative estimate of drug-likeness (QED) is 0.573. The van der Waals surface area contributed by atoms with Gasteiger partial charge in [0.2, 0.25) is 5.91 Å². The van der Waals surface area contributed by atoms with E-state index >= 15 is 0 Å². The Bertz CT molecular complexity index is 725. The smallest absolute Gasteiger partial charge is 0.233 e. The van der Waals surface area contributed by atoms with Crippen LogP contribution in [0.4, 0.5) is 0 Å². The molecule has 3 rings (SSSR count). The molecule has 27 heavy (non-hydrogen) atoms. The van der Waals surface area contributed by atoms with Crippen LogP contribution in [0.1, 0.15) is 58.8 Å². The van der Waals surface area contributed by atoms with E-state index < -0.39 is 0 Å². The highest BCUT2D eigenvalue weighted by Gasteiger charge is 2.23. The minimum Gasteiger partial charge on any atom is -0.352 e. The Labute approximate surface area is 165 Å². The van der Waals surface area contributed by atoms with Crippen LogP contribution in [0.25, 0.3) is 11.4 Å². The molecule has 1 N–H and O–H groups in total. The fourth-order valence-electron chi connectivity index (χ4n) is 3.47. The molecule has 6 nitrogen and oxygen atoms in total. The molecule has 2 aromatic heterocycles. The molecule has 1 aliphatic carbocycles. The van der Waals surface area contributed by atoms with Gasteiger partial charge in [-0.05, 0) is 38.3 Å². The van der Waals surface area contributed by atoms with Gasteiger partial charge in [0, 0.05) is 30.5 Å². The van der Waals surface area contributed by atoms with Crippen LogP contribution in [-0.4, -0.2) is 36.9 Å². The summed E-state index contributed by atoms with van der Waals surface area (Å²) < 4.78 is 2.11. The van der Waals surface area contributed by atoms with Gasteiger partial charge in [0.25, 0.3) is 0 Å². The van der Waals surface area contributed by atoms with Gasteiger partial charge in [-0.2, -0.15) is 0 Å². The molecule has 7 heteroatoms. The number of thioether (sulfide) groups is 1. The first-order chi connectivity index (χ1) is 13.2. The summed E-state index contributed by atoms with van der Waals surface area (Å²) in [6.45, 7) is 4.91. The van der Waals surface area contributed by atoms with E-state index in [1.54, 1.807) is 12.4 Å². The van der Waals surface area contributed by atoms with Gasteiger partial charge in [-0.1, -0.05) is 44.4 Å². The molecule has 1 aliphatic rings. The fourth-order valence-corrected chi connectivity index (χ4v) is 4.35. The van der Waals surface area contributed by atoms with Crippen LogP contribution in [0.5, 0.6) is 0 Å². The molecule has 146 valence electrons. The zero-order valence-corrected chi connectivity index (χ0v) is 17.0. The minimum absolute atomic E-state index is 0.100. The molecule has 0 aromatic carbocycles. The van der Waals surface area contributed by atoms with Crippen LogP contribution in [0.2, 0.25) is 0 Å². The maximum Gasteiger partial charge on any atom is 0.233 e. The number of amides is 1. The molecular weight excluding hydrogens is 358 g/mol. The molecule has 0 unspecified atom stereocenters. The average molecular weight is 388 g/mol. The van der Waals surface area contributed by atoms with E-state index in [4.69, 9.17) is 0 Å². The molecule has 1 fully saturated rings. The van der Waals surface area contributed by atoms with Gasteiger partial charge in [-0.15, -0.1) is 10.2 Å². The third kappa shape index (κ3) is 5.31. The third-order valence-electron chi connectivity index (χ3n) is 4.96. The summed E-state index contributed by atoms with van der Waals surface area (Å²) in [6, 6.07) is 4.20. The molecule has 1 saturated carbocycles. The van der Waals surface area contributed by atoms with Gasteiger partial charge in [0.1, 0.15) is 0 Å². The van der Waals surface area contributed by atoms with Gasteiger partial charge in [-0.25, -0.2) is 0 Å². The van der Waals surface area contributed by atoms with Gasteiger partial charge in [-0.3, -0.25) is 9.78 Å². The highest BCUT2D eigenvalue weighted by atomic mass is 32.2. The summed E-state index contributed by atoms with van der Waals surface area (Å²) in [4.78, 5) is 16.7. The number of hydrogen-bond acceptors (Lipinski definition) is 5. The summed E-state index contributed by atoms with van der Waals surface area (Å²) in [5, 5.41) is 12.6. The largest absolute Gasteiger partial charge is 0.352 e. The molecular formula is C20H29N5OS. The zero-order valence-electron chi connectivity index (χ0n) is 16.2. The minimum atomic E-state index is -0.196. The topological polar surface area (TPSA) is 72.7 Å². The second-order valence-electron chi connectivity index (χ2n) is 7.15. The molecule has 1 atom stereocenters. The molecule has 0 radical (unpaired) electrons. The Kier molecular flexibility index (Phi) is 7.26. The van der Waals surface area contributed by atoms with Crippen LogP contribution >= 0.6 is 11.8 Å². The number of nitrogens with one attached hydrogen (secondary N) is 1. The third-order valence-corrected chi connectivity index (χ3v) is 6.04. The standard InChI is InChI=1S/C20H29N5OS/c1-3-14-25-18(16-10-12-21-13-11-16)23-24-20(25)27-15(2)19(26)22-17-8-6-4-5-7-9-17/h10-13,15,17H,3-9,14H2,1-2H3,(H,22,26)/t15-/m1/s1. The van der Waals surface area contributed by atoms with Crippen molar-refractivity contribution in [1.29, 1.82) is 0 Å². The van der Waals surface area contributed by atoms with Crippen LogP contribution in [0.15, 0.2) is 29.7 Å². The van der Waals surface area contributed by atoms with Crippen molar-refractivity contribution < 1.29 is 4.79 Å². The zero-order chi connectivity index (χ0) is 19.1. The molecule has 2 aromatic rings. The highest BCUT2D eigenvalue weighted by molar-refractivity contribution is 8.00. The van der Waals surface area contributed by atoms with E-state index in [1.807, 2.05) is 19.1 Å². The van der Waals surface area contributed by atoms with E-state index in [2.05, 4.69) is 32.0 Å². The Morgan fingerprint density at radius 2 is 1.93 bits per heavy atom. The molecule has 0 aliphatic heterocycles. The normalized spacial score (nSPS) is 16.7. The van der Waals surface area contributed by atoms with Gasteiger partial charge < -0.3 is 9.88 Å².